The van der Waals surface area contributed by atoms with Crippen molar-refractivity contribution in [3.05, 3.63) is 60.4 Å². The van der Waals surface area contributed by atoms with Gasteiger partial charge in [-0.25, -0.2) is 0 Å². The number of carbonyl (C=O) groups excluding carboxylic acids is 1. The van der Waals surface area contributed by atoms with Crippen LogP contribution < -0.4 is 0 Å². The first kappa shape index (κ1) is 9.46. The van der Waals surface area contributed by atoms with E-state index < -0.39 is 0 Å². The number of aromatic nitrogens is 1. The summed E-state index contributed by atoms with van der Waals surface area (Å²) in [5, 5.41) is 0. The van der Waals surface area contributed by atoms with Gasteiger partial charge in [0.15, 0.2) is 0 Å². The van der Waals surface area contributed by atoms with Crippen molar-refractivity contribution < 1.29 is 4.79 Å². The summed E-state index contributed by atoms with van der Waals surface area (Å²) < 4.78 is 2.02. The monoisotopic (exact) mass is 197 g/mol. The van der Waals surface area contributed by atoms with Crippen LogP contribution in [0.4, 0.5) is 0 Å². The minimum absolute atomic E-state index is 0.778. The van der Waals surface area contributed by atoms with E-state index in [-0.39, 0.29) is 0 Å². The molecule has 1 aromatic heterocycles. The highest BCUT2D eigenvalue weighted by atomic mass is 16.1. The minimum atomic E-state index is 0.778. The van der Waals surface area contributed by atoms with Crippen LogP contribution in [0.3, 0.4) is 0 Å². The number of aldehydes is 1. The van der Waals surface area contributed by atoms with E-state index in [1.165, 1.54) is 6.08 Å². The molecular formula is C13H11NO. The van der Waals surface area contributed by atoms with E-state index in [2.05, 4.69) is 0 Å². The largest absolute Gasteiger partial charge is 0.323 e. The molecule has 0 aliphatic heterocycles. The predicted octanol–water partition coefficient (Wildman–Crippen LogP) is 2.69. The minimum Gasteiger partial charge on any atom is -0.323 e. The van der Waals surface area contributed by atoms with Gasteiger partial charge in [0.1, 0.15) is 6.29 Å². The van der Waals surface area contributed by atoms with Crippen LogP contribution in [0.25, 0.3) is 11.8 Å². The van der Waals surface area contributed by atoms with E-state index in [9.17, 15) is 4.79 Å². The zero-order chi connectivity index (χ0) is 10.5. The molecule has 15 heavy (non-hydrogen) atoms. The maximum absolute atomic E-state index is 10.2. The van der Waals surface area contributed by atoms with Gasteiger partial charge in [0.05, 0.1) is 0 Å². The molecule has 2 nitrogen and oxygen atoms in total. The van der Waals surface area contributed by atoms with Gasteiger partial charge in [0.2, 0.25) is 0 Å². The van der Waals surface area contributed by atoms with Gasteiger partial charge in [-0.2, -0.15) is 0 Å². The van der Waals surface area contributed by atoms with Crippen molar-refractivity contribution in [3.8, 4) is 5.69 Å². The van der Waals surface area contributed by atoms with Gasteiger partial charge in [0, 0.05) is 18.1 Å². The third-order valence-corrected chi connectivity index (χ3v) is 2.14. The summed E-state index contributed by atoms with van der Waals surface area (Å²) in [6.07, 6.45) is 8.01. The molecule has 0 fully saturated rings. The van der Waals surface area contributed by atoms with Crippen LogP contribution in [-0.4, -0.2) is 10.9 Å². The molecule has 0 saturated carbocycles. The van der Waals surface area contributed by atoms with Gasteiger partial charge in [0.25, 0.3) is 0 Å². The zero-order valence-electron chi connectivity index (χ0n) is 8.21. The van der Waals surface area contributed by atoms with Crippen LogP contribution in [0.15, 0.2) is 54.9 Å². The van der Waals surface area contributed by atoms with Gasteiger partial charge in [-0.05, 0) is 29.8 Å². The Morgan fingerprint density at radius 2 is 1.87 bits per heavy atom. The van der Waals surface area contributed by atoms with E-state index in [1.807, 2.05) is 53.4 Å². The molecule has 2 heteroatoms. The first-order chi connectivity index (χ1) is 7.40. The van der Waals surface area contributed by atoms with Gasteiger partial charge in [-0.1, -0.05) is 24.3 Å². The number of hydrogen-bond acceptors (Lipinski definition) is 1. The molecule has 2 rings (SSSR count). The molecular weight excluding hydrogens is 186 g/mol. The standard InChI is InChI=1S/C13H11NO/c15-10-4-5-12-8-9-14(11-12)13-6-2-1-3-7-13/h1-11H/b5-4+. The van der Waals surface area contributed by atoms with E-state index in [0.717, 1.165) is 17.5 Å². The Kier molecular flexibility index (Phi) is 2.79. The molecule has 1 aromatic carbocycles. The summed E-state index contributed by atoms with van der Waals surface area (Å²) >= 11 is 0. The summed E-state index contributed by atoms with van der Waals surface area (Å²) in [7, 11) is 0. The number of nitrogens with zero attached hydrogens (tertiary/aromatic N) is 1. The summed E-state index contributed by atoms with van der Waals surface area (Å²) in [5.41, 5.74) is 2.13. The maximum atomic E-state index is 10.2. The van der Waals surface area contributed by atoms with Crippen molar-refractivity contribution in [3.63, 3.8) is 0 Å². The van der Waals surface area contributed by atoms with Crippen molar-refractivity contribution in [1.29, 1.82) is 0 Å². The maximum Gasteiger partial charge on any atom is 0.142 e. The number of benzene rings is 1. The van der Waals surface area contributed by atoms with Crippen molar-refractivity contribution in [2.75, 3.05) is 0 Å². The van der Waals surface area contributed by atoms with Gasteiger partial charge >= 0.3 is 0 Å². The summed E-state index contributed by atoms with van der Waals surface area (Å²) in [5.74, 6) is 0. The van der Waals surface area contributed by atoms with Gasteiger partial charge in [-0.15, -0.1) is 0 Å². The van der Waals surface area contributed by atoms with Gasteiger partial charge < -0.3 is 4.57 Å². The average molecular weight is 197 g/mol. The van der Waals surface area contributed by atoms with Crippen molar-refractivity contribution in [2.24, 2.45) is 0 Å². The van der Waals surface area contributed by atoms with Crippen molar-refractivity contribution in [2.45, 2.75) is 0 Å². The average Bonchev–Trinajstić information content (AvgIpc) is 2.76. The Balaban J connectivity index is 2.28. The van der Waals surface area contributed by atoms with E-state index in [1.54, 1.807) is 6.08 Å². The second-order valence-corrected chi connectivity index (χ2v) is 3.18. The van der Waals surface area contributed by atoms with Crippen LogP contribution in [0, 0.1) is 0 Å². The highest BCUT2D eigenvalue weighted by Crippen LogP contribution is 2.10. The lowest BCUT2D eigenvalue weighted by Gasteiger charge is -2.00. The number of para-hydroxylation sites is 1. The smallest absolute Gasteiger partial charge is 0.142 e. The number of hydrogen-bond donors (Lipinski definition) is 0. The second kappa shape index (κ2) is 4.42. The van der Waals surface area contributed by atoms with Crippen molar-refractivity contribution >= 4 is 12.4 Å². The van der Waals surface area contributed by atoms with Gasteiger partial charge in [-0.3, -0.25) is 4.79 Å². The summed E-state index contributed by atoms with van der Waals surface area (Å²) in [6.45, 7) is 0. The summed E-state index contributed by atoms with van der Waals surface area (Å²) in [6, 6.07) is 12.0. The topological polar surface area (TPSA) is 22.0 Å². The van der Waals surface area contributed by atoms with Crippen molar-refractivity contribution in [1.82, 2.24) is 4.57 Å². The fraction of sp³-hybridized carbons (Fsp3) is 0. The Hall–Kier alpha value is -2.09. The molecule has 0 radical (unpaired) electrons. The lowest BCUT2D eigenvalue weighted by Crippen LogP contribution is -1.87. The molecule has 0 unspecified atom stereocenters. The molecule has 0 bridgehead atoms. The Labute approximate surface area is 88.5 Å². The third-order valence-electron chi connectivity index (χ3n) is 2.14. The highest BCUT2D eigenvalue weighted by Gasteiger charge is 1.95. The quantitative estimate of drug-likeness (QED) is 0.547. The van der Waals surface area contributed by atoms with E-state index >= 15 is 0 Å². The molecule has 0 aliphatic rings. The van der Waals surface area contributed by atoms with Crippen LogP contribution in [0.5, 0.6) is 0 Å². The number of allylic oxidation sites excluding steroid dienone is 1. The van der Waals surface area contributed by atoms with E-state index in [4.69, 9.17) is 0 Å². The second-order valence-electron chi connectivity index (χ2n) is 3.18. The molecule has 1 heterocycles. The SMILES string of the molecule is O=C/C=C/c1ccn(-c2ccccc2)c1. The van der Waals surface area contributed by atoms with Crippen LogP contribution in [-0.2, 0) is 4.79 Å². The first-order valence-corrected chi connectivity index (χ1v) is 4.75. The lowest BCUT2D eigenvalue weighted by atomic mass is 10.3. The third kappa shape index (κ3) is 2.23. The summed E-state index contributed by atoms with van der Waals surface area (Å²) in [4.78, 5) is 10.2. The van der Waals surface area contributed by atoms with Crippen LogP contribution in [0.1, 0.15) is 5.56 Å². The molecule has 0 N–H and O–H groups in total. The molecule has 0 saturated heterocycles. The van der Waals surface area contributed by atoms with Crippen LogP contribution >= 0.6 is 0 Å². The molecule has 0 amide bonds. The Morgan fingerprint density at radius 1 is 1.07 bits per heavy atom. The normalized spacial score (nSPS) is 10.7. The Morgan fingerprint density at radius 3 is 2.60 bits per heavy atom. The number of rotatable bonds is 3. The first-order valence-electron chi connectivity index (χ1n) is 4.75. The lowest BCUT2D eigenvalue weighted by molar-refractivity contribution is -0.104. The zero-order valence-corrected chi connectivity index (χ0v) is 8.21. The number of carbonyl (C=O) groups is 1. The van der Waals surface area contributed by atoms with Crippen LogP contribution in [0.2, 0.25) is 0 Å². The predicted molar refractivity (Wildman–Crippen MR) is 60.9 cm³/mol. The Bertz CT molecular complexity index is 468. The fourth-order valence-electron chi connectivity index (χ4n) is 1.42. The molecule has 74 valence electrons. The molecule has 0 spiro atoms. The molecule has 0 aliphatic carbocycles. The fourth-order valence-corrected chi connectivity index (χ4v) is 1.42. The highest BCUT2D eigenvalue weighted by molar-refractivity contribution is 5.73. The molecule has 2 aromatic rings. The van der Waals surface area contributed by atoms with E-state index in [0.29, 0.717) is 0 Å². The molecule has 0 atom stereocenters.